The van der Waals surface area contributed by atoms with Crippen LogP contribution >= 0.6 is 22.6 Å². The Kier molecular flexibility index (Phi) is 8.16. The number of amides is 1. The maximum atomic E-state index is 12.0. The fraction of sp³-hybridized carbons (Fsp3) is 0.611. The first-order valence-electron chi connectivity index (χ1n) is 8.40. The topological polar surface area (TPSA) is 58.6 Å². The zero-order chi connectivity index (χ0) is 16.5. The number of hydrogen-bond acceptors (Lipinski definition) is 3. The lowest BCUT2D eigenvalue weighted by Gasteiger charge is -2.29. The van der Waals surface area contributed by atoms with Crippen LogP contribution in [0, 0.1) is 5.92 Å². The molecule has 0 heterocycles. The predicted octanol–water partition coefficient (Wildman–Crippen LogP) is 4.05. The number of carbonyl (C=O) groups is 1. The van der Waals surface area contributed by atoms with E-state index in [0.717, 1.165) is 12.0 Å². The molecule has 23 heavy (non-hydrogen) atoms. The summed E-state index contributed by atoms with van der Waals surface area (Å²) in [5.41, 5.74) is 0.959. The average Bonchev–Trinajstić information content (AvgIpc) is 2.60. The number of aliphatic hydroxyl groups excluding tert-OH is 1. The molecule has 0 saturated heterocycles. The van der Waals surface area contributed by atoms with E-state index in [4.69, 9.17) is 4.74 Å². The third-order valence-corrected chi connectivity index (χ3v) is 5.35. The Hall–Kier alpha value is -0.820. The van der Waals surface area contributed by atoms with Crippen molar-refractivity contribution in [3.05, 3.63) is 35.9 Å². The Labute approximate surface area is 152 Å². The molecule has 1 saturated carbocycles. The van der Waals surface area contributed by atoms with Crippen LogP contribution in [0.1, 0.15) is 44.1 Å². The van der Waals surface area contributed by atoms with Gasteiger partial charge in [-0.25, -0.2) is 4.79 Å². The van der Waals surface area contributed by atoms with E-state index in [1.54, 1.807) is 0 Å². The van der Waals surface area contributed by atoms with Gasteiger partial charge < -0.3 is 15.2 Å². The quantitative estimate of drug-likeness (QED) is 0.506. The second-order valence-corrected chi connectivity index (χ2v) is 7.15. The summed E-state index contributed by atoms with van der Waals surface area (Å²) in [6.07, 6.45) is 6.09. The molecule has 1 aromatic carbocycles. The molecule has 1 aromatic rings. The Morgan fingerprint density at radius 3 is 2.61 bits per heavy atom. The van der Waals surface area contributed by atoms with Crippen molar-refractivity contribution < 1.29 is 14.6 Å². The molecule has 2 N–H and O–H groups in total. The van der Waals surface area contributed by atoms with Crippen molar-refractivity contribution in [3.8, 4) is 0 Å². The Bertz CT molecular complexity index is 463. The summed E-state index contributed by atoms with van der Waals surface area (Å²) in [5, 5.41) is 13.1. The van der Waals surface area contributed by atoms with E-state index in [1.807, 2.05) is 30.3 Å². The largest absolute Gasteiger partial charge is 0.445 e. The lowest BCUT2D eigenvalue weighted by atomic mass is 9.84. The van der Waals surface area contributed by atoms with Crippen LogP contribution in [0.4, 0.5) is 4.79 Å². The smallest absolute Gasteiger partial charge is 0.407 e. The van der Waals surface area contributed by atoms with E-state index in [2.05, 4.69) is 27.9 Å². The number of alkyl carbamates (subject to hydrolysis) is 1. The lowest BCUT2D eigenvalue weighted by molar-refractivity contribution is 0.102. The molecule has 1 aliphatic carbocycles. The van der Waals surface area contributed by atoms with E-state index in [9.17, 15) is 9.90 Å². The Morgan fingerprint density at radius 2 is 1.96 bits per heavy atom. The molecule has 0 spiro atoms. The van der Waals surface area contributed by atoms with Crippen LogP contribution in [0.15, 0.2) is 30.3 Å². The minimum Gasteiger partial charge on any atom is -0.445 e. The van der Waals surface area contributed by atoms with E-state index in [0.29, 0.717) is 10.3 Å². The molecule has 4 nitrogen and oxygen atoms in total. The average molecular weight is 431 g/mol. The predicted molar refractivity (Wildman–Crippen MR) is 99.6 cm³/mol. The highest BCUT2D eigenvalue weighted by atomic mass is 127. The van der Waals surface area contributed by atoms with Crippen molar-refractivity contribution in [2.24, 2.45) is 5.92 Å². The highest BCUT2D eigenvalue weighted by Gasteiger charge is 2.25. The van der Waals surface area contributed by atoms with Crippen molar-refractivity contribution in [1.82, 2.24) is 5.32 Å². The first kappa shape index (κ1) is 18.5. The van der Waals surface area contributed by atoms with E-state index in [1.165, 1.54) is 32.1 Å². The Morgan fingerprint density at radius 1 is 1.26 bits per heavy atom. The molecule has 1 fully saturated rings. The van der Waals surface area contributed by atoms with Gasteiger partial charge in [0.25, 0.3) is 0 Å². The van der Waals surface area contributed by atoms with Crippen LogP contribution in [0.25, 0.3) is 0 Å². The molecule has 128 valence electrons. The number of nitrogens with one attached hydrogen (secondary N) is 1. The van der Waals surface area contributed by atoms with Crippen LogP contribution in [0.2, 0.25) is 0 Å². The highest BCUT2D eigenvalue weighted by molar-refractivity contribution is 14.1. The standard InChI is InChI=1S/C18H26INO3/c19-12-17(21)16(11-14-7-3-1-4-8-14)20-18(22)23-13-15-9-5-2-6-10-15/h2,5-6,9-10,14,16-17,21H,1,3-4,7-8,11-13H2,(H,20,22)/t16-,17+/m0/s1. The van der Waals surface area contributed by atoms with Crippen LogP contribution in [-0.4, -0.2) is 27.8 Å². The van der Waals surface area contributed by atoms with Crippen molar-refractivity contribution in [2.75, 3.05) is 4.43 Å². The summed E-state index contributed by atoms with van der Waals surface area (Å²) < 4.78 is 5.88. The molecule has 0 aromatic heterocycles. The van der Waals surface area contributed by atoms with Crippen LogP contribution in [0.5, 0.6) is 0 Å². The van der Waals surface area contributed by atoms with Gasteiger partial charge in [-0.3, -0.25) is 0 Å². The van der Waals surface area contributed by atoms with Gasteiger partial charge in [-0.05, 0) is 17.9 Å². The summed E-state index contributed by atoms with van der Waals surface area (Å²) in [6.45, 7) is 0.253. The number of alkyl halides is 1. The second-order valence-electron chi connectivity index (χ2n) is 6.27. The number of halogens is 1. The zero-order valence-electron chi connectivity index (χ0n) is 13.4. The number of rotatable bonds is 7. The van der Waals surface area contributed by atoms with Crippen LogP contribution in [0.3, 0.4) is 0 Å². The highest BCUT2D eigenvalue weighted by Crippen LogP contribution is 2.28. The first-order chi connectivity index (χ1) is 11.2. The molecule has 0 aliphatic heterocycles. The third kappa shape index (κ3) is 6.67. The van der Waals surface area contributed by atoms with E-state index in [-0.39, 0.29) is 12.6 Å². The molecular weight excluding hydrogens is 405 g/mol. The molecule has 2 atom stereocenters. The van der Waals surface area contributed by atoms with Gasteiger partial charge >= 0.3 is 6.09 Å². The van der Waals surface area contributed by atoms with E-state index < -0.39 is 12.2 Å². The van der Waals surface area contributed by atoms with Crippen LogP contribution < -0.4 is 5.32 Å². The zero-order valence-corrected chi connectivity index (χ0v) is 15.6. The van der Waals surface area contributed by atoms with Gasteiger partial charge in [-0.1, -0.05) is 85.0 Å². The van der Waals surface area contributed by atoms with Gasteiger partial charge in [-0.2, -0.15) is 0 Å². The molecule has 1 aliphatic rings. The van der Waals surface area contributed by atoms with Gasteiger partial charge in [0.2, 0.25) is 0 Å². The van der Waals surface area contributed by atoms with Crippen molar-refractivity contribution in [2.45, 2.75) is 57.3 Å². The van der Waals surface area contributed by atoms with Gasteiger partial charge in [0.1, 0.15) is 6.61 Å². The SMILES string of the molecule is O=C(N[C@@H](CC1CCCCC1)[C@H](O)CI)OCc1ccccc1. The lowest BCUT2D eigenvalue weighted by Crippen LogP contribution is -2.45. The second kappa shape index (κ2) is 10.1. The number of ether oxygens (including phenoxy) is 1. The number of aliphatic hydroxyl groups is 1. The van der Waals surface area contributed by atoms with Gasteiger partial charge in [-0.15, -0.1) is 0 Å². The molecular formula is C18H26INO3. The van der Waals surface area contributed by atoms with Gasteiger partial charge in [0.05, 0.1) is 12.1 Å². The molecule has 0 unspecified atom stereocenters. The maximum absolute atomic E-state index is 12.0. The molecule has 1 amide bonds. The molecule has 0 bridgehead atoms. The summed E-state index contributed by atoms with van der Waals surface area (Å²) in [6, 6.07) is 9.39. The minimum absolute atomic E-state index is 0.224. The minimum atomic E-state index is -0.526. The summed E-state index contributed by atoms with van der Waals surface area (Å²) in [4.78, 5) is 12.0. The van der Waals surface area contributed by atoms with Gasteiger partial charge in [0, 0.05) is 4.43 Å². The van der Waals surface area contributed by atoms with Crippen LogP contribution in [-0.2, 0) is 11.3 Å². The molecule has 0 radical (unpaired) electrons. The van der Waals surface area contributed by atoms with Crippen molar-refractivity contribution in [1.29, 1.82) is 0 Å². The van der Waals surface area contributed by atoms with Gasteiger partial charge in [0.15, 0.2) is 0 Å². The third-order valence-electron chi connectivity index (χ3n) is 4.45. The summed E-state index contributed by atoms with van der Waals surface area (Å²) in [5.74, 6) is 0.598. The van der Waals surface area contributed by atoms with Crippen molar-refractivity contribution in [3.63, 3.8) is 0 Å². The Balaban J connectivity index is 1.82. The molecule has 2 rings (SSSR count). The normalized spacial score (nSPS) is 18.2. The number of carbonyl (C=O) groups excluding carboxylic acids is 1. The molecule has 5 heteroatoms. The number of hydrogen-bond donors (Lipinski definition) is 2. The summed E-state index contributed by atoms with van der Waals surface area (Å²) >= 11 is 2.16. The maximum Gasteiger partial charge on any atom is 0.407 e. The number of benzene rings is 1. The monoisotopic (exact) mass is 431 g/mol. The van der Waals surface area contributed by atoms with E-state index >= 15 is 0 Å². The fourth-order valence-corrected chi connectivity index (χ4v) is 3.73. The fourth-order valence-electron chi connectivity index (χ4n) is 3.12. The summed E-state index contributed by atoms with van der Waals surface area (Å²) in [7, 11) is 0. The van der Waals surface area contributed by atoms with Crippen molar-refractivity contribution >= 4 is 28.7 Å². The first-order valence-corrected chi connectivity index (χ1v) is 9.93.